The standard InChI is InChI=1S/C22H38N4O2S/c1-6-23-21(24-17-22(3,4)12-13-29(5,27)28)25-20-14-18(2)26(16-20)15-19-10-8-7-9-11-19/h7-11,18,20H,6,12-17H2,1-5H3,(H2,23,24,25). The molecule has 1 heterocycles. The van der Waals surface area contributed by atoms with E-state index in [0.717, 1.165) is 32.0 Å². The molecule has 164 valence electrons. The number of hydrogen-bond donors (Lipinski definition) is 2. The molecule has 0 saturated carbocycles. The maximum Gasteiger partial charge on any atom is 0.191 e. The second-order valence-corrected chi connectivity index (χ2v) is 11.3. The SMILES string of the molecule is CCNC(=NCC(C)(C)CCS(C)(=O)=O)NC1CC(C)N(Cc2ccccc2)C1. The maximum atomic E-state index is 11.5. The van der Waals surface area contributed by atoms with Gasteiger partial charge in [-0.25, -0.2) is 8.42 Å². The molecule has 1 aromatic rings. The molecule has 2 atom stereocenters. The van der Waals surface area contributed by atoms with Gasteiger partial charge in [-0.15, -0.1) is 0 Å². The van der Waals surface area contributed by atoms with Crippen LogP contribution in [-0.2, 0) is 16.4 Å². The van der Waals surface area contributed by atoms with Crippen LogP contribution in [0.4, 0.5) is 0 Å². The third-order valence-corrected chi connectivity index (χ3v) is 6.38. The van der Waals surface area contributed by atoms with Crippen LogP contribution < -0.4 is 10.6 Å². The number of sulfone groups is 1. The smallest absolute Gasteiger partial charge is 0.191 e. The predicted octanol–water partition coefficient (Wildman–Crippen LogP) is 2.67. The van der Waals surface area contributed by atoms with Crippen molar-refractivity contribution in [2.24, 2.45) is 10.4 Å². The zero-order valence-corrected chi connectivity index (χ0v) is 19.4. The molecule has 0 amide bonds. The fourth-order valence-corrected chi connectivity index (χ4v) is 4.51. The Labute approximate surface area is 177 Å². The lowest BCUT2D eigenvalue weighted by Gasteiger charge is -2.24. The quantitative estimate of drug-likeness (QED) is 0.473. The molecule has 1 aliphatic heterocycles. The van der Waals surface area contributed by atoms with Gasteiger partial charge in [-0.3, -0.25) is 9.89 Å². The van der Waals surface area contributed by atoms with E-state index in [9.17, 15) is 8.42 Å². The zero-order chi connectivity index (χ0) is 21.5. The van der Waals surface area contributed by atoms with Gasteiger partial charge in [-0.2, -0.15) is 0 Å². The first-order valence-electron chi connectivity index (χ1n) is 10.6. The second kappa shape index (κ2) is 10.4. The molecule has 0 aromatic heterocycles. The third-order valence-electron chi connectivity index (χ3n) is 5.43. The van der Waals surface area contributed by atoms with Crippen LogP contribution in [0.1, 0.15) is 46.1 Å². The van der Waals surface area contributed by atoms with E-state index in [4.69, 9.17) is 4.99 Å². The van der Waals surface area contributed by atoms with Crippen molar-refractivity contribution in [3.05, 3.63) is 35.9 Å². The van der Waals surface area contributed by atoms with Crippen LogP contribution in [0.5, 0.6) is 0 Å². The van der Waals surface area contributed by atoms with Gasteiger partial charge < -0.3 is 10.6 Å². The van der Waals surface area contributed by atoms with Gasteiger partial charge in [0.25, 0.3) is 0 Å². The minimum atomic E-state index is -2.95. The van der Waals surface area contributed by atoms with E-state index in [2.05, 4.69) is 73.6 Å². The Hall–Kier alpha value is -1.60. The Morgan fingerprint density at radius 2 is 1.97 bits per heavy atom. The van der Waals surface area contributed by atoms with Crippen LogP contribution in [0.2, 0.25) is 0 Å². The summed E-state index contributed by atoms with van der Waals surface area (Å²) in [5.74, 6) is 1.02. The van der Waals surface area contributed by atoms with Crippen LogP contribution in [0, 0.1) is 5.41 Å². The summed E-state index contributed by atoms with van der Waals surface area (Å²) in [6, 6.07) is 11.5. The molecule has 2 N–H and O–H groups in total. The van der Waals surface area contributed by atoms with E-state index in [1.165, 1.54) is 11.8 Å². The van der Waals surface area contributed by atoms with Gasteiger partial charge in [0.05, 0.1) is 5.75 Å². The molecule has 0 aliphatic carbocycles. The van der Waals surface area contributed by atoms with Crippen molar-refractivity contribution in [2.45, 2.75) is 59.2 Å². The monoisotopic (exact) mass is 422 g/mol. The summed E-state index contributed by atoms with van der Waals surface area (Å²) in [6.45, 7) is 11.8. The molecule has 29 heavy (non-hydrogen) atoms. The summed E-state index contributed by atoms with van der Waals surface area (Å²) in [7, 11) is -2.95. The summed E-state index contributed by atoms with van der Waals surface area (Å²) in [5.41, 5.74) is 1.18. The number of hydrogen-bond acceptors (Lipinski definition) is 4. The fraction of sp³-hybridized carbons (Fsp3) is 0.682. The molecule has 1 fully saturated rings. The molecule has 1 saturated heterocycles. The lowest BCUT2D eigenvalue weighted by Crippen LogP contribution is -2.45. The molecule has 0 spiro atoms. The zero-order valence-electron chi connectivity index (χ0n) is 18.6. The van der Waals surface area contributed by atoms with Gasteiger partial charge in [-0.1, -0.05) is 44.2 Å². The van der Waals surface area contributed by atoms with E-state index in [0.29, 0.717) is 25.0 Å². The Balaban J connectivity index is 1.93. The van der Waals surface area contributed by atoms with Crippen LogP contribution in [-0.4, -0.2) is 63.0 Å². The Morgan fingerprint density at radius 1 is 1.28 bits per heavy atom. The van der Waals surface area contributed by atoms with Crippen molar-refractivity contribution in [1.82, 2.24) is 15.5 Å². The van der Waals surface area contributed by atoms with Gasteiger partial charge in [0, 0.05) is 44.5 Å². The maximum absolute atomic E-state index is 11.5. The highest BCUT2D eigenvalue weighted by Crippen LogP contribution is 2.22. The molecular weight excluding hydrogens is 384 g/mol. The van der Waals surface area contributed by atoms with Crippen molar-refractivity contribution < 1.29 is 8.42 Å². The van der Waals surface area contributed by atoms with Crippen molar-refractivity contribution >= 4 is 15.8 Å². The van der Waals surface area contributed by atoms with E-state index in [-0.39, 0.29) is 11.2 Å². The second-order valence-electron chi connectivity index (χ2n) is 9.08. The van der Waals surface area contributed by atoms with E-state index < -0.39 is 9.84 Å². The fourth-order valence-electron chi connectivity index (χ4n) is 3.59. The first-order valence-corrected chi connectivity index (χ1v) is 12.6. The number of guanidine groups is 1. The number of benzene rings is 1. The number of likely N-dealkylation sites (tertiary alicyclic amines) is 1. The first kappa shape index (κ1) is 23.7. The summed E-state index contributed by atoms with van der Waals surface area (Å²) in [6.07, 6.45) is 2.98. The lowest BCUT2D eigenvalue weighted by atomic mass is 9.90. The van der Waals surface area contributed by atoms with E-state index in [1.807, 2.05) is 0 Å². The van der Waals surface area contributed by atoms with Gasteiger partial charge in [0.2, 0.25) is 0 Å². The van der Waals surface area contributed by atoms with Gasteiger partial charge in [-0.05, 0) is 37.7 Å². The summed E-state index contributed by atoms with van der Waals surface area (Å²) < 4.78 is 23.0. The first-order chi connectivity index (χ1) is 13.6. The van der Waals surface area contributed by atoms with Crippen molar-refractivity contribution in [3.63, 3.8) is 0 Å². The van der Waals surface area contributed by atoms with Crippen LogP contribution >= 0.6 is 0 Å². The molecule has 0 bridgehead atoms. The summed E-state index contributed by atoms with van der Waals surface area (Å²) in [4.78, 5) is 7.27. The minimum absolute atomic E-state index is 0.159. The number of rotatable bonds is 9. The topological polar surface area (TPSA) is 73.8 Å². The highest BCUT2D eigenvalue weighted by Gasteiger charge is 2.29. The molecule has 0 radical (unpaired) electrons. The van der Waals surface area contributed by atoms with Gasteiger partial charge in [0.15, 0.2) is 5.96 Å². The number of nitrogens with one attached hydrogen (secondary N) is 2. The van der Waals surface area contributed by atoms with E-state index >= 15 is 0 Å². The molecule has 1 aromatic carbocycles. The lowest BCUT2D eigenvalue weighted by molar-refractivity contribution is 0.258. The van der Waals surface area contributed by atoms with Crippen molar-refractivity contribution in [1.29, 1.82) is 0 Å². The normalized spacial score (nSPS) is 21.3. The molecule has 1 aliphatic rings. The highest BCUT2D eigenvalue weighted by molar-refractivity contribution is 7.90. The predicted molar refractivity (Wildman–Crippen MR) is 122 cm³/mol. The molecule has 6 nitrogen and oxygen atoms in total. The van der Waals surface area contributed by atoms with Crippen molar-refractivity contribution in [2.75, 3.05) is 31.6 Å². The number of aliphatic imine (C=N–C) groups is 1. The van der Waals surface area contributed by atoms with Crippen LogP contribution in [0.3, 0.4) is 0 Å². The van der Waals surface area contributed by atoms with Crippen LogP contribution in [0.15, 0.2) is 35.3 Å². The summed E-state index contributed by atoms with van der Waals surface area (Å²) >= 11 is 0. The Morgan fingerprint density at radius 3 is 2.59 bits per heavy atom. The largest absolute Gasteiger partial charge is 0.357 e. The van der Waals surface area contributed by atoms with E-state index in [1.54, 1.807) is 0 Å². The summed E-state index contributed by atoms with van der Waals surface area (Å²) in [5, 5.41) is 6.92. The molecule has 2 unspecified atom stereocenters. The minimum Gasteiger partial charge on any atom is -0.357 e. The third kappa shape index (κ3) is 8.74. The van der Waals surface area contributed by atoms with Gasteiger partial charge in [0.1, 0.15) is 9.84 Å². The average Bonchev–Trinajstić information content (AvgIpc) is 2.98. The van der Waals surface area contributed by atoms with Gasteiger partial charge >= 0.3 is 0 Å². The Kier molecular flexibility index (Phi) is 8.52. The van der Waals surface area contributed by atoms with Crippen molar-refractivity contribution in [3.8, 4) is 0 Å². The number of nitrogens with zero attached hydrogens (tertiary/aromatic N) is 2. The highest BCUT2D eigenvalue weighted by atomic mass is 32.2. The Bertz CT molecular complexity index is 762. The average molecular weight is 423 g/mol. The molecule has 2 rings (SSSR count). The van der Waals surface area contributed by atoms with Crippen LogP contribution in [0.25, 0.3) is 0 Å². The molecular formula is C22H38N4O2S. The molecule has 7 heteroatoms.